The van der Waals surface area contributed by atoms with E-state index in [9.17, 15) is 0 Å². The fraction of sp³-hybridized carbons (Fsp3) is 0.467. The van der Waals surface area contributed by atoms with Gasteiger partial charge in [0.25, 0.3) is 0 Å². The third-order valence-electron chi connectivity index (χ3n) is 2.75. The molecule has 0 atom stereocenters. The molecule has 0 saturated carbocycles. The predicted molar refractivity (Wildman–Crippen MR) is 87.6 cm³/mol. The van der Waals surface area contributed by atoms with Crippen molar-refractivity contribution in [3.8, 4) is 5.75 Å². The first-order valence-corrected chi connectivity index (χ1v) is 7.68. The molecule has 0 aliphatic rings. The van der Waals surface area contributed by atoms with Crippen LogP contribution >= 0.6 is 27.5 Å². The summed E-state index contributed by atoms with van der Waals surface area (Å²) in [5.41, 5.74) is 4.76. The molecule has 1 rings (SSSR count). The van der Waals surface area contributed by atoms with Crippen LogP contribution in [-0.4, -0.2) is 26.9 Å². The van der Waals surface area contributed by atoms with E-state index in [1.54, 1.807) is 12.6 Å². The lowest BCUT2D eigenvalue weighted by Crippen LogP contribution is -2.19. The normalized spacial score (nSPS) is 11.8. The lowest BCUT2D eigenvalue weighted by atomic mass is 10.1. The second-order valence-electron chi connectivity index (χ2n) is 4.62. The summed E-state index contributed by atoms with van der Waals surface area (Å²) in [5.74, 6) is 0.913. The average Bonchev–Trinajstić information content (AvgIpc) is 2.42. The highest BCUT2D eigenvalue weighted by atomic mass is 79.9. The van der Waals surface area contributed by atoms with Gasteiger partial charge in [-0.2, -0.15) is 0 Å². The summed E-state index contributed by atoms with van der Waals surface area (Å²) in [5, 5.41) is 3.33. The van der Waals surface area contributed by atoms with Crippen LogP contribution in [0.1, 0.15) is 18.1 Å². The second-order valence-corrected chi connectivity index (χ2v) is 5.76. The monoisotopic (exact) mass is 361 g/mol. The molecular weight excluding hydrogens is 342 g/mol. The lowest BCUT2D eigenvalue weighted by Gasteiger charge is -2.15. The summed E-state index contributed by atoms with van der Waals surface area (Å²) < 4.78 is 12.0. The van der Waals surface area contributed by atoms with E-state index in [1.165, 1.54) is 0 Å². The van der Waals surface area contributed by atoms with Crippen LogP contribution in [-0.2, 0) is 11.3 Å². The van der Waals surface area contributed by atoms with E-state index in [0.717, 1.165) is 40.0 Å². The van der Waals surface area contributed by atoms with Crippen molar-refractivity contribution in [3.63, 3.8) is 0 Å². The molecule has 1 aromatic carbocycles. The SMILES string of the molecule is COCCNCc1cc(Br)cc(C)c1OC/C(C)=C/Cl. The van der Waals surface area contributed by atoms with Gasteiger partial charge in [0, 0.05) is 35.8 Å². The summed E-state index contributed by atoms with van der Waals surface area (Å²) in [7, 11) is 1.70. The minimum Gasteiger partial charge on any atom is -0.489 e. The van der Waals surface area contributed by atoms with Gasteiger partial charge in [-0.05, 0) is 37.1 Å². The van der Waals surface area contributed by atoms with Crippen LogP contribution in [0.5, 0.6) is 5.75 Å². The largest absolute Gasteiger partial charge is 0.489 e. The lowest BCUT2D eigenvalue weighted by molar-refractivity contribution is 0.199. The van der Waals surface area contributed by atoms with E-state index < -0.39 is 0 Å². The van der Waals surface area contributed by atoms with Crippen molar-refractivity contribution in [2.45, 2.75) is 20.4 Å². The first-order chi connectivity index (χ1) is 9.58. The zero-order valence-electron chi connectivity index (χ0n) is 12.1. The first kappa shape index (κ1) is 17.5. The number of ether oxygens (including phenoxy) is 2. The maximum absolute atomic E-state index is 5.89. The molecule has 0 aromatic heterocycles. The number of hydrogen-bond acceptors (Lipinski definition) is 3. The fourth-order valence-electron chi connectivity index (χ4n) is 1.75. The summed E-state index contributed by atoms with van der Waals surface area (Å²) >= 11 is 9.19. The molecule has 0 saturated heterocycles. The summed E-state index contributed by atoms with van der Waals surface area (Å²) in [6.45, 7) is 6.72. The Hall–Kier alpha value is -0.550. The molecule has 1 aromatic rings. The molecule has 0 aliphatic carbocycles. The maximum atomic E-state index is 5.89. The van der Waals surface area contributed by atoms with Crippen molar-refractivity contribution < 1.29 is 9.47 Å². The molecule has 0 fully saturated rings. The molecule has 0 spiro atoms. The molecule has 3 nitrogen and oxygen atoms in total. The van der Waals surface area contributed by atoms with E-state index in [-0.39, 0.29) is 0 Å². The Morgan fingerprint density at radius 1 is 1.45 bits per heavy atom. The van der Waals surface area contributed by atoms with Gasteiger partial charge in [-0.25, -0.2) is 0 Å². The Morgan fingerprint density at radius 2 is 2.20 bits per heavy atom. The molecule has 0 aliphatic heterocycles. The molecule has 20 heavy (non-hydrogen) atoms. The van der Waals surface area contributed by atoms with Gasteiger partial charge in [0.15, 0.2) is 0 Å². The molecule has 0 bridgehead atoms. The number of halogens is 2. The van der Waals surface area contributed by atoms with Gasteiger partial charge in [0.2, 0.25) is 0 Å². The maximum Gasteiger partial charge on any atom is 0.127 e. The number of nitrogens with one attached hydrogen (secondary N) is 1. The first-order valence-electron chi connectivity index (χ1n) is 6.45. The van der Waals surface area contributed by atoms with Crippen molar-refractivity contribution >= 4 is 27.5 Å². The third-order valence-corrected chi connectivity index (χ3v) is 3.58. The van der Waals surface area contributed by atoms with Crippen LogP contribution in [0.2, 0.25) is 0 Å². The van der Waals surface area contributed by atoms with Crippen molar-refractivity contribution in [2.75, 3.05) is 26.9 Å². The van der Waals surface area contributed by atoms with Crippen LogP contribution < -0.4 is 10.1 Å². The van der Waals surface area contributed by atoms with E-state index >= 15 is 0 Å². The Bertz CT molecular complexity index is 463. The molecule has 0 amide bonds. The highest BCUT2D eigenvalue weighted by Gasteiger charge is 2.09. The van der Waals surface area contributed by atoms with Gasteiger partial charge >= 0.3 is 0 Å². The molecule has 0 unspecified atom stereocenters. The minimum absolute atomic E-state index is 0.497. The Morgan fingerprint density at radius 3 is 2.85 bits per heavy atom. The Balaban J connectivity index is 2.78. The van der Waals surface area contributed by atoms with Crippen LogP contribution in [0.15, 0.2) is 27.7 Å². The number of methoxy groups -OCH3 is 1. The smallest absolute Gasteiger partial charge is 0.127 e. The predicted octanol–water partition coefficient (Wildman–Crippen LogP) is 4.01. The van der Waals surface area contributed by atoms with Gasteiger partial charge in [0.1, 0.15) is 12.4 Å². The molecular formula is C15H21BrClNO2. The molecule has 1 N–H and O–H groups in total. The fourth-order valence-corrected chi connectivity index (χ4v) is 2.43. The average molecular weight is 363 g/mol. The van der Waals surface area contributed by atoms with Gasteiger partial charge in [-0.1, -0.05) is 27.5 Å². The number of hydrogen-bond donors (Lipinski definition) is 1. The van der Waals surface area contributed by atoms with Gasteiger partial charge in [-0.3, -0.25) is 0 Å². The Kier molecular flexibility index (Phi) is 8.22. The summed E-state index contributed by atoms with van der Waals surface area (Å²) in [6, 6.07) is 4.12. The quantitative estimate of drug-likeness (QED) is 0.709. The van der Waals surface area contributed by atoms with Crippen molar-refractivity contribution in [1.82, 2.24) is 5.32 Å². The third kappa shape index (κ3) is 5.83. The number of rotatable bonds is 8. The molecule has 5 heteroatoms. The van der Waals surface area contributed by atoms with Crippen molar-refractivity contribution in [1.29, 1.82) is 0 Å². The summed E-state index contributed by atoms with van der Waals surface area (Å²) in [4.78, 5) is 0. The highest BCUT2D eigenvalue weighted by Crippen LogP contribution is 2.28. The Labute approximate surface area is 134 Å². The van der Waals surface area contributed by atoms with E-state index in [4.69, 9.17) is 21.1 Å². The standard InChI is InChI=1S/C15H21BrClNO2/c1-11(8-17)10-20-15-12(2)6-14(16)7-13(15)9-18-4-5-19-3/h6-8,18H,4-5,9-10H2,1-3H3/b11-8+. The summed E-state index contributed by atoms with van der Waals surface area (Å²) in [6.07, 6.45) is 0. The van der Waals surface area contributed by atoms with E-state index in [1.807, 2.05) is 19.9 Å². The van der Waals surface area contributed by atoms with Crippen LogP contribution in [0.3, 0.4) is 0 Å². The van der Waals surface area contributed by atoms with Crippen molar-refractivity contribution in [3.05, 3.63) is 38.8 Å². The van der Waals surface area contributed by atoms with Crippen molar-refractivity contribution in [2.24, 2.45) is 0 Å². The minimum atomic E-state index is 0.497. The zero-order chi connectivity index (χ0) is 15.0. The molecule has 0 radical (unpaired) electrons. The topological polar surface area (TPSA) is 30.5 Å². The van der Waals surface area contributed by atoms with Crippen LogP contribution in [0.25, 0.3) is 0 Å². The number of aryl methyl sites for hydroxylation is 1. The molecule has 0 heterocycles. The zero-order valence-corrected chi connectivity index (χ0v) is 14.5. The van der Waals surface area contributed by atoms with Gasteiger partial charge in [0.05, 0.1) is 6.61 Å². The van der Waals surface area contributed by atoms with Crippen LogP contribution in [0.4, 0.5) is 0 Å². The van der Waals surface area contributed by atoms with Gasteiger partial charge < -0.3 is 14.8 Å². The highest BCUT2D eigenvalue weighted by molar-refractivity contribution is 9.10. The van der Waals surface area contributed by atoms with Gasteiger partial charge in [-0.15, -0.1) is 0 Å². The second kappa shape index (κ2) is 9.40. The van der Waals surface area contributed by atoms with E-state index in [2.05, 4.69) is 27.3 Å². The van der Waals surface area contributed by atoms with E-state index in [0.29, 0.717) is 13.2 Å². The number of benzene rings is 1. The van der Waals surface area contributed by atoms with Crippen LogP contribution in [0, 0.1) is 6.92 Å². The molecule has 112 valence electrons.